The van der Waals surface area contributed by atoms with Crippen LogP contribution >= 0.6 is 15.9 Å². The summed E-state index contributed by atoms with van der Waals surface area (Å²) in [6.07, 6.45) is 5.24. The van der Waals surface area contributed by atoms with Crippen LogP contribution in [0.2, 0.25) is 0 Å². The first kappa shape index (κ1) is 18.5. The molecule has 0 atom stereocenters. The number of hydrogen-bond acceptors (Lipinski definition) is 3. The molecule has 1 saturated heterocycles. The van der Waals surface area contributed by atoms with E-state index in [4.69, 9.17) is 4.74 Å². The lowest BCUT2D eigenvalue weighted by Crippen LogP contribution is -2.36. The Balaban J connectivity index is 1.48. The Labute approximate surface area is 169 Å². The highest BCUT2D eigenvalue weighted by Crippen LogP contribution is 2.30. The van der Waals surface area contributed by atoms with Gasteiger partial charge in [-0.15, -0.1) is 0 Å². The predicted molar refractivity (Wildman–Crippen MR) is 113 cm³/mol. The van der Waals surface area contributed by atoms with E-state index in [1.165, 1.54) is 30.4 Å². The molecule has 1 aliphatic heterocycles. The summed E-state index contributed by atoms with van der Waals surface area (Å²) in [5, 5.41) is 3.13. The molecule has 27 heavy (non-hydrogen) atoms. The van der Waals surface area contributed by atoms with Crippen LogP contribution < -0.4 is 10.2 Å². The number of hydrogen-bond donors (Lipinski definition) is 1. The van der Waals surface area contributed by atoms with Gasteiger partial charge in [0.05, 0.1) is 31.0 Å². The number of morpholine rings is 1. The second kappa shape index (κ2) is 8.44. The van der Waals surface area contributed by atoms with Crippen molar-refractivity contribution in [3.05, 3.63) is 57.6 Å². The summed E-state index contributed by atoms with van der Waals surface area (Å²) in [5.41, 5.74) is 5.88. The average molecular weight is 429 g/mol. The van der Waals surface area contributed by atoms with Crippen molar-refractivity contribution in [1.29, 1.82) is 0 Å². The lowest BCUT2D eigenvalue weighted by molar-refractivity contribution is -0.115. The van der Waals surface area contributed by atoms with E-state index in [9.17, 15) is 4.79 Å². The molecule has 4 nitrogen and oxygen atoms in total. The summed E-state index contributed by atoms with van der Waals surface area (Å²) in [4.78, 5) is 15.0. The Bertz CT molecular complexity index is 831. The number of nitrogens with one attached hydrogen (secondary N) is 1. The van der Waals surface area contributed by atoms with Gasteiger partial charge in [-0.3, -0.25) is 4.79 Å². The standard InChI is InChI=1S/C22H25BrN2O2/c23-19-7-8-21(25-9-11-27-12-10-25)20(15-19)24-22(26)14-16-5-6-17-3-1-2-4-18(17)13-16/h5-8,13,15H,1-4,9-12,14H2,(H,24,26). The van der Waals surface area contributed by atoms with Crippen molar-refractivity contribution in [2.75, 3.05) is 36.5 Å². The predicted octanol–water partition coefficient (Wildman–Crippen LogP) is 4.35. The topological polar surface area (TPSA) is 41.6 Å². The molecule has 2 aliphatic rings. The Morgan fingerprint density at radius 2 is 1.81 bits per heavy atom. The van der Waals surface area contributed by atoms with E-state index in [1.54, 1.807) is 0 Å². The third kappa shape index (κ3) is 4.53. The monoisotopic (exact) mass is 428 g/mol. The van der Waals surface area contributed by atoms with E-state index in [1.807, 2.05) is 12.1 Å². The largest absolute Gasteiger partial charge is 0.378 e. The molecule has 2 aromatic carbocycles. The number of ether oxygens (including phenoxy) is 1. The molecule has 4 rings (SSSR count). The van der Waals surface area contributed by atoms with Crippen molar-refractivity contribution >= 4 is 33.2 Å². The van der Waals surface area contributed by atoms with Crippen molar-refractivity contribution in [3.8, 4) is 0 Å². The minimum absolute atomic E-state index is 0.0263. The maximum Gasteiger partial charge on any atom is 0.228 e. The number of nitrogens with zero attached hydrogens (tertiary/aromatic N) is 1. The van der Waals surface area contributed by atoms with E-state index in [-0.39, 0.29) is 5.91 Å². The molecule has 0 unspecified atom stereocenters. The van der Waals surface area contributed by atoms with E-state index < -0.39 is 0 Å². The lowest BCUT2D eigenvalue weighted by atomic mass is 9.90. The number of carbonyl (C=O) groups excluding carboxylic acids is 1. The van der Waals surface area contributed by atoms with Gasteiger partial charge < -0.3 is 15.0 Å². The SMILES string of the molecule is O=C(Cc1ccc2c(c1)CCCC2)Nc1cc(Br)ccc1N1CCOCC1. The van der Waals surface area contributed by atoms with E-state index in [0.29, 0.717) is 6.42 Å². The summed E-state index contributed by atoms with van der Waals surface area (Å²) >= 11 is 3.52. The van der Waals surface area contributed by atoms with Gasteiger partial charge >= 0.3 is 0 Å². The van der Waals surface area contributed by atoms with Crippen LogP contribution in [0.5, 0.6) is 0 Å². The van der Waals surface area contributed by atoms with E-state index in [0.717, 1.165) is 54.1 Å². The number of benzene rings is 2. The number of anilines is 2. The second-order valence-corrected chi connectivity index (χ2v) is 8.21. The molecule has 0 saturated carbocycles. The number of rotatable bonds is 4. The zero-order valence-corrected chi connectivity index (χ0v) is 17.1. The molecule has 2 aromatic rings. The van der Waals surface area contributed by atoms with Crippen molar-refractivity contribution in [1.82, 2.24) is 0 Å². The van der Waals surface area contributed by atoms with Crippen LogP contribution in [0.15, 0.2) is 40.9 Å². The molecule has 5 heteroatoms. The van der Waals surface area contributed by atoms with Crippen LogP contribution in [0.4, 0.5) is 11.4 Å². The van der Waals surface area contributed by atoms with Crippen molar-refractivity contribution in [3.63, 3.8) is 0 Å². The maximum atomic E-state index is 12.7. The van der Waals surface area contributed by atoms with Gasteiger partial charge in [-0.25, -0.2) is 0 Å². The molecular weight excluding hydrogens is 404 g/mol. The van der Waals surface area contributed by atoms with Crippen molar-refractivity contribution < 1.29 is 9.53 Å². The van der Waals surface area contributed by atoms with Crippen LogP contribution in [-0.2, 0) is 28.8 Å². The van der Waals surface area contributed by atoms with Crippen LogP contribution in [0.1, 0.15) is 29.5 Å². The smallest absolute Gasteiger partial charge is 0.228 e. The molecule has 0 spiro atoms. The Morgan fingerprint density at radius 3 is 2.63 bits per heavy atom. The summed E-state index contributed by atoms with van der Waals surface area (Å²) in [5.74, 6) is 0.0263. The molecule has 0 radical (unpaired) electrons. The van der Waals surface area contributed by atoms with Gasteiger partial charge in [-0.2, -0.15) is 0 Å². The van der Waals surface area contributed by atoms with Crippen LogP contribution in [-0.4, -0.2) is 32.2 Å². The fourth-order valence-electron chi connectivity index (χ4n) is 3.96. The average Bonchev–Trinajstić information content (AvgIpc) is 2.68. The van der Waals surface area contributed by atoms with Crippen LogP contribution in [0.3, 0.4) is 0 Å². The first-order chi connectivity index (χ1) is 13.2. The van der Waals surface area contributed by atoms with Crippen molar-refractivity contribution in [2.45, 2.75) is 32.1 Å². The second-order valence-electron chi connectivity index (χ2n) is 7.30. The zero-order chi connectivity index (χ0) is 18.6. The van der Waals surface area contributed by atoms with Gasteiger partial charge in [0.2, 0.25) is 5.91 Å². The molecular formula is C22H25BrN2O2. The highest BCUT2D eigenvalue weighted by molar-refractivity contribution is 9.10. The Kier molecular flexibility index (Phi) is 5.79. The van der Waals surface area contributed by atoms with Gasteiger partial charge in [0.15, 0.2) is 0 Å². The van der Waals surface area contributed by atoms with Gasteiger partial charge in [0.1, 0.15) is 0 Å². The van der Waals surface area contributed by atoms with Gasteiger partial charge in [0, 0.05) is 17.6 Å². The third-order valence-electron chi connectivity index (χ3n) is 5.36. The number of halogens is 1. The first-order valence-electron chi connectivity index (χ1n) is 9.72. The minimum Gasteiger partial charge on any atom is -0.378 e. The summed E-state index contributed by atoms with van der Waals surface area (Å²) in [7, 11) is 0. The highest BCUT2D eigenvalue weighted by atomic mass is 79.9. The molecule has 1 heterocycles. The van der Waals surface area contributed by atoms with Crippen LogP contribution in [0.25, 0.3) is 0 Å². The lowest BCUT2D eigenvalue weighted by Gasteiger charge is -2.30. The quantitative estimate of drug-likeness (QED) is 0.786. The molecule has 142 valence electrons. The molecule has 1 fully saturated rings. The van der Waals surface area contributed by atoms with Gasteiger partial charge in [0.25, 0.3) is 0 Å². The maximum absolute atomic E-state index is 12.7. The summed E-state index contributed by atoms with van der Waals surface area (Å²) < 4.78 is 6.41. The molecule has 1 aliphatic carbocycles. The normalized spacial score (nSPS) is 16.7. The molecule has 0 aromatic heterocycles. The van der Waals surface area contributed by atoms with Crippen molar-refractivity contribution in [2.24, 2.45) is 0 Å². The Hall–Kier alpha value is -1.85. The number of amides is 1. The summed E-state index contributed by atoms with van der Waals surface area (Å²) in [6, 6.07) is 12.6. The Morgan fingerprint density at radius 1 is 1.04 bits per heavy atom. The molecule has 0 bridgehead atoms. The van der Waals surface area contributed by atoms with E-state index >= 15 is 0 Å². The van der Waals surface area contributed by atoms with Crippen LogP contribution in [0, 0.1) is 0 Å². The zero-order valence-electron chi connectivity index (χ0n) is 15.5. The van der Waals surface area contributed by atoms with Gasteiger partial charge in [-0.1, -0.05) is 34.1 Å². The number of aryl methyl sites for hydroxylation is 2. The van der Waals surface area contributed by atoms with E-state index in [2.05, 4.69) is 50.4 Å². The van der Waals surface area contributed by atoms with Gasteiger partial charge in [-0.05, 0) is 60.6 Å². The minimum atomic E-state index is 0.0263. The summed E-state index contributed by atoms with van der Waals surface area (Å²) in [6.45, 7) is 3.13. The molecule has 1 N–H and O–H groups in total. The third-order valence-corrected chi connectivity index (χ3v) is 5.86. The number of carbonyl (C=O) groups is 1. The number of fused-ring (bicyclic) bond motifs is 1. The first-order valence-corrected chi connectivity index (χ1v) is 10.5. The fourth-order valence-corrected chi connectivity index (χ4v) is 4.33. The fraction of sp³-hybridized carbons (Fsp3) is 0.409. The highest BCUT2D eigenvalue weighted by Gasteiger charge is 2.17. The molecule has 1 amide bonds.